The van der Waals surface area contributed by atoms with Crippen LogP contribution in [0.3, 0.4) is 0 Å². The van der Waals surface area contributed by atoms with Crippen LogP contribution in [0.25, 0.3) is 0 Å². The first kappa shape index (κ1) is 22.1. The molecule has 2 aliphatic rings. The number of ether oxygens (including phenoxy) is 2. The first-order valence-corrected chi connectivity index (χ1v) is 10.1. The molecule has 0 aromatic heterocycles. The molecule has 2 amide bonds. The third kappa shape index (κ3) is 4.07. The van der Waals surface area contributed by atoms with Gasteiger partial charge >= 0.3 is 5.97 Å². The normalized spacial score (nSPS) is 20.5. The largest absolute Gasteiger partial charge is 0.493 e. The molecule has 0 saturated carbocycles. The molecule has 2 aliphatic heterocycles. The van der Waals surface area contributed by atoms with Gasteiger partial charge in [-0.3, -0.25) is 9.59 Å². The molecular weight excluding hydrogens is 431 g/mol. The summed E-state index contributed by atoms with van der Waals surface area (Å²) in [5.74, 6) is -4.06. The van der Waals surface area contributed by atoms with Crippen LogP contribution < -0.4 is 20.3 Å². The van der Waals surface area contributed by atoms with Crippen molar-refractivity contribution in [1.82, 2.24) is 10.9 Å². The minimum Gasteiger partial charge on any atom is -0.493 e. The number of benzene rings is 2. The van der Waals surface area contributed by atoms with Gasteiger partial charge in [0.05, 0.1) is 24.5 Å². The van der Waals surface area contributed by atoms with E-state index < -0.39 is 29.5 Å². The highest BCUT2D eigenvalue weighted by molar-refractivity contribution is 6.12. The number of rotatable bonds is 6. The Morgan fingerprint density at radius 1 is 0.970 bits per heavy atom. The lowest BCUT2D eigenvalue weighted by atomic mass is 9.73. The number of esters is 1. The SMILES string of the molecule is COc1cc(C(C2C(=O)NN=C2C)C2C(=O)NN=C2C)ccc1OC(=O)c1ccccc1F. The van der Waals surface area contributed by atoms with E-state index in [1.807, 2.05) is 0 Å². The molecule has 33 heavy (non-hydrogen) atoms. The standard InChI is InChI=1S/C23H21FN4O5/c1-11-18(21(29)27-25-11)20(19-12(2)26-28-22(19)30)13-8-9-16(17(10-13)32-3)33-23(31)14-6-4-5-7-15(14)24/h4-10,18-20H,1-3H3,(H,27,29)(H,28,30). The van der Waals surface area contributed by atoms with Crippen molar-refractivity contribution in [1.29, 1.82) is 0 Å². The van der Waals surface area contributed by atoms with Crippen LogP contribution in [0.2, 0.25) is 0 Å². The maximum atomic E-state index is 14.0. The summed E-state index contributed by atoms with van der Waals surface area (Å²) in [6.07, 6.45) is 0. The number of nitrogens with zero attached hydrogens (tertiary/aromatic N) is 2. The molecule has 2 aromatic rings. The van der Waals surface area contributed by atoms with E-state index in [1.165, 1.54) is 31.4 Å². The van der Waals surface area contributed by atoms with Crippen molar-refractivity contribution in [3.8, 4) is 11.5 Å². The van der Waals surface area contributed by atoms with E-state index in [-0.39, 0.29) is 28.9 Å². The highest BCUT2D eigenvalue weighted by atomic mass is 19.1. The van der Waals surface area contributed by atoms with Crippen LogP contribution in [0.1, 0.15) is 35.7 Å². The van der Waals surface area contributed by atoms with Crippen LogP contribution in [0.4, 0.5) is 4.39 Å². The highest BCUT2D eigenvalue weighted by Crippen LogP contribution is 2.41. The number of methoxy groups -OCH3 is 1. The summed E-state index contributed by atoms with van der Waals surface area (Å²) in [6, 6.07) is 10.2. The summed E-state index contributed by atoms with van der Waals surface area (Å²) in [7, 11) is 1.39. The Labute approximate surface area is 188 Å². The van der Waals surface area contributed by atoms with Crippen molar-refractivity contribution >= 4 is 29.2 Å². The zero-order valence-electron chi connectivity index (χ0n) is 18.1. The van der Waals surface area contributed by atoms with Gasteiger partial charge in [0.15, 0.2) is 11.5 Å². The minimum absolute atomic E-state index is 0.0655. The zero-order chi connectivity index (χ0) is 23.7. The lowest BCUT2D eigenvalue weighted by molar-refractivity contribution is -0.125. The molecule has 2 unspecified atom stereocenters. The van der Waals surface area contributed by atoms with Gasteiger partial charge in [-0.2, -0.15) is 10.2 Å². The predicted molar refractivity (Wildman–Crippen MR) is 117 cm³/mol. The molecule has 0 radical (unpaired) electrons. The summed E-state index contributed by atoms with van der Waals surface area (Å²) in [4.78, 5) is 37.6. The number of hydrogen-bond acceptors (Lipinski definition) is 7. The number of nitrogens with one attached hydrogen (secondary N) is 2. The second-order valence-corrected chi connectivity index (χ2v) is 7.72. The first-order valence-electron chi connectivity index (χ1n) is 10.1. The van der Waals surface area contributed by atoms with Crippen molar-refractivity contribution in [3.05, 3.63) is 59.4 Å². The molecule has 10 heteroatoms. The lowest BCUT2D eigenvalue weighted by Crippen LogP contribution is -2.38. The van der Waals surface area contributed by atoms with Crippen LogP contribution in [0.15, 0.2) is 52.7 Å². The Morgan fingerprint density at radius 3 is 2.09 bits per heavy atom. The zero-order valence-corrected chi connectivity index (χ0v) is 18.1. The Hall–Kier alpha value is -4.08. The molecule has 0 saturated heterocycles. The van der Waals surface area contributed by atoms with Gasteiger partial charge in [-0.05, 0) is 43.7 Å². The second-order valence-electron chi connectivity index (χ2n) is 7.72. The van der Waals surface area contributed by atoms with Crippen LogP contribution in [-0.4, -0.2) is 36.3 Å². The number of hydrazone groups is 2. The third-order valence-corrected chi connectivity index (χ3v) is 5.74. The molecular formula is C23H21FN4O5. The molecule has 9 nitrogen and oxygen atoms in total. The van der Waals surface area contributed by atoms with Gasteiger partial charge in [-0.1, -0.05) is 18.2 Å². The van der Waals surface area contributed by atoms with Gasteiger partial charge in [0.1, 0.15) is 5.82 Å². The fraction of sp³-hybridized carbons (Fsp3) is 0.261. The van der Waals surface area contributed by atoms with E-state index in [2.05, 4.69) is 21.1 Å². The van der Waals surface area contributed by atoms with Gasteiger partial charge in [-0.15, -0.1) is 0 Å². The molecule has 0 bridgehead atoms. The Morgan fingerprint density at radius 2 is 1.58 bits per heavy atom. The van der Waals surface area contributed by atoms with Crippen LogP contribution in [0.5, 0.6) is 11.5 Å². The summed E-state index contributed by atoms with van der Waals surface area (Å²) in [5, 5.41) is 8.03. The van der Waals surface area contributed by atoms with Crippen molar-refractivity contribution in [3.63, 3.8) is 0 Å². The maximum Gasteiger partial charge on any atom is 0.346 e. The Bertz CT molecular complexity index is 1170. The van der Waals surface area contributed by atoms with Crippen molar-refractivity contribution in [2.75, 3.05) is 7.11 Å². The Kier molecular flexibility index (Phi) is 5.91. The molecule has 2 aromatic carbocycles. The number of carbonyl (C=O) groups is 3. The van der Waals surface area contributed by atoms with E-state index in [9.17, 15) is 18.8 Å². The molecule has 0 spiro atoms. The summed E-state index contributed by atoms with van der Waals surface area (Å²) in [5.41, 5.74) is 6.35. The average molecular weight is 452 g/mol. The topological polar surface area (TPSA) is 118 Å². The van der Waals surface area contributed by atoms with Gasteiger partial charge in [-0.25, -0.2) is 20.0 Å². The molecule has 2 N–H and O–H groups in total. The number of carbonyl (C=O) groups excluding carboxylic acids is 3. The Balaban J connectivity index is 1.72. The highest BCUT2D eigenvalue weighted by Gasteiger charge is 2.46. The molecule has 4 rings (SSSR count). The van der Waals surface area contributed by atoms with Crippen LogP contribution >= 0.6 is 0 Å². The number of halogens is 1. The van der Waals surface area contributed by atoms with Gasteiger partial charge in [0, 0.05) is 17.3 Å². The van der Waals surface area contributed by atoms with Gasteiger partial charge in [0.25, 0.3) is 0 Å². The summed E-state index contributed by atoms with van der Waals surface area (Å²) in [6.45, 7) is 3.41. The first-order chi connectivity index (χ1) is 15.8. The fourth-order valence-corrected chi connectivity index (χ4v) is 4.12. The maximum absolute atomic E-state index is 14.0. The van der Waals surface area contributed by atoms with Crippen LogP contribution in [0, 0.1) is 17.7 Å². The molecule has 0 aliphatic carbocycles. The smallest absolute Gasteiger partial charge is 0.346 e. The van der Waals surface area contributed by atoms with Crippen molar-refractivity contribution in [2.24, 2.45) is 22.0 Å². The minimum atomic E-state index is -0.882. The van der Waals surface area contributed by atoms with E-state index in [0.29, 0.717) is 17.0 Å². The van der Waals surface area contributed by atoms with E-state index >= 15 is 0 Å². The fourth-order valence-electron chi connectivity index (χ4n) is 4.12. The van der Waals surface area contributed by atoms with Crippen molar-refractivity contribution in [2.45, 2.75) is 19.8 Å². The third-order valence-electron chi connectivity index (χ3n) is 5.74. The summed E-state index contributed by atoms with van der Waals surface area (Å²) < 4.78 is 24.7. The average Bonchev–Trinajstić information content (AvgIpc) is 3.31. The predicted octanol–water partition coefficient (Wildman–Crippen LogP) is 2.38. The van der Waals surface area contributed by atoms with E-state index in [1.54, 1.807) is 26.0 Å². The van der Waals surface area contributed by atoms with E-state index in [4.69, 9.17) is 9.47 Å². The lowest BCUT2D eigenvalue weighted by Gasteiger charge is -2.27. The number of hydrogen-bond donors (Lipinski definition) is 2. The van der Waals surface area contributed by atoms with Crippen molar-refractivity contribution < 1.29 is 28.2 Å². The second kappa shape index (κ2) is 8.81. The summed E-state index contributed by atoms with van der Waals surface area (Å²) >= 11 is 0. The molecule has 170 valence electrons. The molecule has 0 fully saturated rings. The van der Waals surface area contributed by atoms with E-state index in [0.717, 1.165) is 6.07 Å². The van der Waals surface area contributed by atoms with Gasteiger partial charge < -0.3 is 9.47 Å². The van der Waals surface area contributed by atoms with Crippen LogP contribution in [-0.2, 0) is 9.59 Å². The number of amides is 2. The quantitative estimate of drug-likeness (QED) is 0.515. The monoisotopic (exact) mass is 452 g/mol. The molecule has 2 atom stereocenters. The van der Waals surface area contributed by atoms with Gasteiger partial charge in [0.2, 0.25) is 11.8 Å². The molecule has 2 heterocycles.